The van der Waals surface area contributed by atoms with Gasteiger partial charge in [-0.1, -0.05) is 13.8 Å². The Morgan fingerprint density at radius 2 is 1.79 bits per heavy atom. The van der Waals surface area contributed by atoms with Crippen LogP contribution in [-0.4, -0.2) is 31.3 Å². The largest absolute Gasteiger partial charge is 0.389 e. The van der Waals surface area contributed by atoms with Gasteiger partial charge < -0.3 is 10.6 Å². The van der Waals surface area contributed by atoms with Gasteiger partial charge in [-0.2, -0.15) is 13.2 Å². The third kappa shape index (κ3) is 10.7. The summed E-state index contributed by atoms with van der Waals surface area (Å²) in [6.45, 7) is 9.37. The van der Waals surface area contributed by atoms with E-state index in [1.165, 1.54) is 0 Å². The van der Waals surface area contributed by atoms with Crippen LogP contribution in [0.2, 0.25) is 0 Å². The SMILES string of the molecule is CCNC(=NCCCCC(F)(F)F)NC(C)C(C)C. The molecule has 0 heterocycles. The average molecular weight is 281 g/mol. The lowest BCUT2D eigenvalue weighted by molar-refractivity contribution is -0.135. The normalized spacial score (nSPS) is 14.6. The number of guanidine groups is 1. The van der Waals surface area contributed by atoms with E-state index in [-0.39, 0.29) is 12.5 Å². The maximum atomic E-state index is 12.0. The fourth-order valence-corrected chi connectivity index (χ4v) is 1.33. The number of nitrogens with one attached hydrogen (secondary N) is 2. The predicted molar refractivity (Wildman–Crippen MR) is 73.3 cm³/mol. The molecule has 0 saturated carbocycles. The highest BCUT2D eigenvalue weighted by atomic mass is 19.4. The Balaban J connectivity index is 4.06. The van der Waals surface area contributed by atoms with Crippen LogP contribution in [0.25, 0.3) is 0 Å². The van der Waals surface area contributed by atoms with Crippen LogP contribution in [0, 0.1) is 5.92 Å². The summed E-state index contributed by atoms with van der Waals surface area (Å²) in [4.78, 5) is 4.28. The van der Waals surface area contributed by atoms with Gasteiger partial charge in [-0.15, -0.1) is 0 Å². The molecule has 19 heavy (non-hydrogen) atoms. The highest BCUT2D eigenvalue weighted by Gasteiger charge is 2.25. The van der Waals surface area contributed by atoms with E-state index in [1.807, 2.05) is 6.92 Å². The van der Waals surface area contributed by atoms with Crippen molar-refractivity contribution in [3.8, 4) is 0 Å². The Kier molecular flexibility index (Phi) is 8.59. The molecule has 0 bridgehead atoms. The second kappa shape index (κ2) is 9.04. The fraction of sp³-hybridized carbons (Fsp3) is 0.923. The minimum absolute atomic E-state index is 0.131. The summed E-state index contributed by atoms with van der Waals surface area (Å²) in [6.07, 6.45) is -4.20. The molecule has 3 nitrogen and oxygen atoms in total. The van der Waals surface area contributed by atoms with Gasteiger partial charge in [0.15, 0.2) is 5.96 Å². The predicted octanol–water partition coefficient (Wildman–Crippen LogP) is 3.32. The first-order chi connectivity index (χ1) is 8.76. The topological polar surface area (TPSA) is 36.4 Å². The molecule has 0 fully saturated rings. The van der Waals surface area contributed by atoms with Crippen LogP contribution >= 0.6 is 0 Å². The summed E-state index contributed by atoms with van der Waals surface area (Å²) in [5.41, 5.74) is 0. The Bertz CT molecular complexity index is 262. The van der Waals surface area contributed by atoms with Crippen LogP contribution in [0.1, 0.15) is 47.0 Å². The molecule has 1 atom stereocenters. The maximum absolute atomic E-state index is 12.0. The Morgan fingerprint density at radius 3 is 2.26 bits per heavy atom. The summed E-state index contributed by atoms with van der Waals surface area (Å²) in [6, 6.07) is 0.271. The molecule has 0 amide bonds. The number of rotatable bonds is 7. The number of hydrogen-bond donors (Lipinski definition) is 2. The molecule has 114 valence electrons. The zero-order valence-corrected chi connectivity index (χ0v) is 12.3. The summed E-state index contributed by atoms with van der Waals surface area (Å²) in [5.74, 6) is 1.14. The molecule has 0 aromatic carbocycles. The van der Waals surface area contributed by atoms with Crippen LogP contribution in [0.4, 0.5) is 13.2 Å². The van der Waals surface area contributed by atoms with Crippen molar-refractivity contribution in [3.05, 3.63) is 0 Å². The summed E-state index contributed by atoms with van der Waals surface area (Å²) in [7, 11) is 0. The Hall–Kier alpha value is -0.940. The number of nitrogens with zero attached hydrogens (tertiary/aromatic N) is 1. The van der Waals surface area contributed by atoms with Crippen molar-refractivity contribution in [1.82, 2.24) is 10.6 Å². The molecule has 0 aliphatic heterocycles. The van der Waals surface area contributed by atoms with Gasteiger partial charge in [0.2, 0.25) is 0 Å². The molecule has 0 rings (SSSR count). The zero-order chi connectivity index (χ0) is 14.9. The quantitative estimate of drug-likeness (QED) is 0.427. The van der Waals surface area contributed by atoms with Gasteiger partial charge in [0, 0.05) is 25.6 Å². The van der Waals surface area contributed by atoms with E-state index in [2.05, 4.69) is 36.4 Å². The molecule has 1 unspecified atom stereocenters. The Morgan fingerprint density at radius 1 is 1.16 bits per heavy atom. The third-order valence-electron chi connectivity index (χ3n) is 2.85. The van der Waals surface area contributed by atoms with Gasteiger partial charge in [0.05, 0.1) is 0 Å². The van der Waals surface area contributed by atoms with Gasteiger partial charge >= 0.3 is 6.18 Å². The molecule has 0 aliphatic rings. The van der Waals surface area contributed by atoms with Crippen LogP contribution < -0.4 is 10.6 Å². The molecule has 0 aromatic rings. The van der Waals surface area contributed by atoms with E-state index >= 15 is 0 Å². The molecule has 2 N–H and O–H groups in total. The third-order valence-corrected chi connectivity index (χ3v) is 2.85. The first-order valence-corrected chi connectivity index (χ1v) is 6.88. The van der Waals surface area contributed by atoms with E-state index in [0.717, 1.165) is 6.54 Å². The van der Waals surface area contributed by atoms with Gasteiger partial charge in [-0.3, -0.25) is 4.99 Å². The van der Waals surface area contributed by atoms with E-state index in [4.69, 9.17) is 0 Å². The average Bonchev–Trinajstić information content (AvgIpc) is 2.26. The fourth-order valence-electron chi connectivity index (χ4n) is 1.33. The summed E-state index contributed by atoms with van der Waals surface area (Å²) >= 11 is 0. The van der Waals surface area contributed by atoms with Crippen LogP contribution in [-0.2, 0) is 0 Å². The van der Waals surface area contributed by atoms with E-state index in [9.17, 15) is 13.2 Å². The van der Waals surface area contributed by atoms with Crippen LogP contribution in [0.3, 0.4) is 0 Å². The van der Waals surface area contributed by atoms with E-state index < -0.39 is 12.6 Å². The minimum Gasteiger partial charge on any atom is -0.357 e. The highest BCUT2D eigenvalue weighted by Crippen LogP contribution is 2.21. The second-order valence-corrected chi connectivity index (χ2v) is 5.01. The summed E-state index contributed by atoms with van der Waals surface area (Å²) < 4.78 is 35.9. The van der Waals surface area contributed by atoms with Crippen LogP contribution in [0.15, 0.2) is 4.99 Å². The van der Waals surface area contributed by atoms with Crippen molar-refractivity contribution >= 4 is 5.96 Å². The molecular formula is C13H26F3N3. The van der Waals surface area contributed by atoms with Gasteiger partial charge in [0.25, 0.3) is 0 Å². The highest BCUT2D eigenvalue weighted by molar-refractivity contribution is 5.80. The maximum Gasteiger partial charge on any atom is 0.389 e. The number of unbranched alkanes of at least 4 members (excludes halogenated alkanes) is 1. The lowest BCUT2D eigenvalue weighted by atomic mass is 10.1. The van der Waals surface area contributed by atoms with Crippen molar-refractivity contribution in [2.75, 3.05) is 13.1 Å². The number of alkyl halides is 3. The van der Waals surface area contributed by atoms with Crippen molar-refractivity contribution in [2.24, 2.45) is 10.9 Å². The van der Waals surface area contributed by atoms with Crippen molar-refractivity contribution in [2.45, 2.75) is 59.2 Å². The molecule has 0 aliphatic carbocycles. The summed E-state index contributed by atoms with van der Waals surface area (Å²) in [5, 5.41) is 6.33. The molecule has 0 saturated heterocycles. The van der Waals surface area contributed by atoms with E-state index in [1.54, 1.807) is 0 Å². The number of aliphatic imine (C=N–C) groups is 1. The Labute approximate surface area is 114 Å². The smallest absolute Gasteiger partial charge is 0.357 e. The van der Waals surface area contributed by atoms with Crippen molar-refractivity contribution in [3.63, 3.8) is 0 Å². The van der Waals surface area contributed by atoms with Crippen LogP contribution in [0.5, 0.6) is 0 Å². The second-order valence-electron chi connectivity index (χ2n) is 5.01. The molecule has 0 aromatic heterocycles. The lowest BCUT2D eigenvalue weighted by Gasteiger charge is -2.20. The standard InChI is InChI=1S/C13H26F3N3/c1-5-17-12(19-11(4)10(2)3)18-9-7-6-8-13(14,15)16/h10-11H,5-9H2,1-4H3,(H2,17,18,19). The monoisotopic (exact) mass is 281 g/mol. The van der Waals surface area contributed by atoms with Crippen molar-refractivity contribution < 1.29 is 13.2 Å². The molecular weight excluding hydrogens is 255 g/mol. The molecule has 0 radical (unpaired) electrons. The van der Waals surface area contributed by atoms with Gasteiger partial charge in [0.1, 0.15) is 0 Å². The minimum atomic E-state index is -4.06. The first kappa shape index (κ1) is 18.1. The lowest BCUT2D eigenvalue weighted by Crippen LogP contribution is -2.44. The van der Waals surface area contributed by atoms with E-state index in [0.29, 0.717) is 24.8 Å². The van der Waals surface area contributed by atoms with Gasteiger partial charge in [-0.25, -0.2) is 0 Å². The number of halogens is 3. The van der Waals surface area contributed by atoms with Gasteiger partial charge in [-0.05, 0) is 32.6 Å². The van der Waals surface area contributed by atoms with Crippen molar-refractivity contribution in [1.29, 1.82) is 0 Å². The number of hydrogen-bond acceptors (Lipinski definition) is 1. The molecule has 0 spiro atoms. The molecule has 6 heteroatoms. The first-order valence-electron chi connectivity index (χ1n) is 6.88. The zero-order valence-electron chi connectivity index (χ0n) is 12.3.